The van der Waals surface area contributed by atoms with Crippen LogP contribution in [0.3, 0.4) is 0 Å². The maximum absolute atomic E-state index is 9.72. The van der Waals surface area contributed by atoms with E-state index in [4.69, 9.17) is 9.97 Å². The van der Waals surface area contributed by atoms with Crippen LogP contribution < -0.4 is 10.2 Å². The molecule has 8 heteroatoms. The van der Waals surface area contributed by atoms with E-state index >= 15 is 0 Å². The van der Waals surface area contributed by atoms with Crippen LogP contribution in [-0.4, -0.2) is 56.1 Å². The highest BCUT2D eigenvalue weighted by atomic mass is 16.3. The van der Waals surface area contributed by atoms with Crippen molar-refractivity contribution in [1.29, 1.82) is 0 Å². The van der Waals surface area contributed by atoms with E-state index in [9.17, 15) is 5.11 Å². The summed E-state index contributed by atoms with van der Waals surface area (Å²) in [6.45, 7) is 6.17. The number of para-hydroxylation sites is 1. The van der Waals surface area contributed by atoms with Gasteiger partial charge in [-0.2, -0.15) is 0 Å². The number of piperazine rings is 1. The summed E-state index contributed by atoms with van der Waals surface area (Å²) in [4.78, 5) is 23.0. The Balaban J connectivity index is 1.35. The van der Waals surface area contributed by atoms with Crippen LogP contribution in [0.5, 0.6) is 5.75 Å². The first kappa shape index (κ1) is 20.1. The van der Waals surface area contributed by atoms with E-state index in [2.05, 4.69) is 25.1 Å². The molecule has 1 aliphatic rings. The number of fused-ring (bicyclic) bond motifs is 1. The molecule has 32 heavy (non-hydrogen) atoms. The van der Waals surface area contributed by atoms with Crippen molar-refractivity contribution in [3.8, 4) is 5.75 Å². The average molecular weight is 428 g/mol. The van der Waals surface area contributed by atoms with Crippen LogP contribution in [0.1, 0.15) is 11.4 Å². The monoisotopic (exact) mass is 427 g/mol. The van der Waals surface area contributed by atoms with Gasteiger partial charge in [0.25, 0.3) is 0 Å². The van der Waals surface area contributed by atoms with E-state index in [0.717, 1.165) is 65.9 Å². The van der Waals surface area contributed by atoms with Crippen molar-refractivity contribution in [2.45, 2.75) is 13.5 Å². The zero-order chi connectivity index (χ0) is 21.9. The van der Waals surface area contributed by atoms with Gasteiger partial charge >= 0.3 is 0 Å². The summed E-state index contributed by atoms with van der Waals surface area (Å²) in [5.74, 6) is 2.59. The SMILES string of the molecule is Cc1cc(O)ccc1Nc1nc(CN2CCN(c3ncccn3)CC2)nc2ccccc12. The van der Waals surface area contributed by atoms with Gasteiger partial charge in [-0.05, 0) is 48.9 Å². The van der Waals surface area contributed by atoms with Gasteiger partial charge in [0.2, 0.25) is 5.95 Å². The third kappa shape index (κ3) is 4.31. The smallest absolute Gasteiger partial charge is 0.225 e. The maximum atomic E-state index is 9.72. The van der Waals surface area contributed by atoms with Crippen molar-refractivity contribution in [2.24, 2.45) is 0 Å². The van der Waals surface area contributed by atoms with Crippen LogP contribution in [0, 0.1) is 6.92 Å². The van der Waals surface area contributed by atoms with E-state index in [-0.39, 0.29) is 5.75 Å². The lowest BCUT2D eigenvalue weighted by Crippen LogP contribution is -2.46. The van der Waals surface area contributed by atoms with Crippen LogP contribution in [0.2, 0.25) is 0 Å². The van der Waals surface area contributed by atoms with E-state index in [0.29, 0.717) is 6.54 Å². The first-order chi connectivity index (χ1) is 15.7. The van der Waals surface area contributed by atoms with Crippen LogP contribution in [0.25, 0.3) is 10.9 Å². The van der Waals surface area contributed by atoms with Crippen LogP contribution in [0.4, 0.5) is 17.5 Å². The van der Waals surface area contributed by atoms with Crippen LogP contribution >= 0.6 is 0 Å². The second kappa shape index (κ2) is 8.76. The topological polar surface area (TPSA) is 90.3 Å². The zero-order valence-electron chi connectivity index (χ0n) is 17.9. The minimum atomic E-state index is 0.251. The maximum Gasteiger partial charge on any atom is 0.225 e. The fourth-order valence-corrected chi connectivity index (χ4v) is 3.97. The third-order valence-electron chi connectivity index (χ3n) is 5.68. The number of nitrogens with zero attached hydrogens (tertiary/aromatic N) is 6. The summed E-state index contributed by atoms with van der Waals surface area (Å²) in [6.07, 6.45) is 3.56. The Morgan fingerprint density at radius 3 is 2.50 bits per heavy atom. The standard InChI is InChI=1S/C24H25N7O/c1-17-15-18(32)7-8-20(17)28-23-19-5-2-3-6-21(19)27-22(29-23)16-30-11-13-31(14-12-30)24-25-9-4-10-26-24/h2-10,15,32H,11-14,16H2,1H3,(H,27,28,29). The van der Waals surface area contributed by atoms with E-state index in [1.807, 2.05) is 43.3 Å². The molecule has 0 bridgehead atoms. The Kier molecular flexibility index (Phi) is 5.51. The van der Waals surface area contributed by atoms with E-state index in [1.54, 1.807) is 24.5 Å². The van der Waals surface area contributed by atoms with Gasteiger partial charge in [-0.15, -0.1) is 0 Å². The van der Waals surface area contributed by atoms with Gasteiger partial charge in [0.15, 0.2) is 0 Å². The summed E-state index contributed by atoms with van der Waals surface area (Å²) in [5, 5.41) is 14.1. The Bertz CT molecular complexity index is 1220. The van der Waals surface area contributed by atoms with E-state index < -0.39 is 0 Å². The first-order valence-corrected chi connectivity index (χ1v) is 10.7. The molecule has 0 aliphatic carbocycles. The fraction of sp³-hybridized carbons (Fsp3) is 0.250. The second-order valence-electron chi connectivity index (χ2n) is 7.94. The number of aromatic hydroxyl groups is 1. The summed E-state index contributed by atoms with van der Waals surface area (Å²) in [7, 11) is 0. The number of aromatic nitrogens is 4. The Morgan fingerprint density at radius 2 is 1.72 bits per heavy atom. The first-order valence-electron chi connectivity index (χ1n) is 10.7. The molecule has 0 spiro atoms. The van der Waals surface area contributed by atoms with Gasteiger partial charge in [0.05, 0.1) is 12.1 Å². The fourth-order valence-electron chi connectivity index (χ4n) is 3.97. The largest absolute Gasteiger partial charge is 0.508 e. The number of phenols is 1. The van der Waals surface area contributed by atoms with Crippen molar-refractivity contribution < 1.29 is 5.11 Å². The molecule has 2 N–H and O–H groups in total. The van der Waals surface area contributed by atoms with Gasteiger partial charge in [-0.3, -0.25) is 4.90 Å². The van der Waals surface area contributed by atoms with Gasteiger partial charge < -0.3 is 15.3 Å². The van der Waals surface area contributed by atoms with Gasteiger partial charge in [0, 0.05) is 49.6 Å². The zero-order valence-corrected chi connectivity index (χ0v) is 17.9. The molecule has 1 fully saturated rings. The number of anilines is 3. The highest BCUT2D eigenvalue weighted by molar-refractivity contribution is 5.91. The second-order valence-corrected chi connectivity index (χ2v) is 7.94. The van der Waals surface area contributed by atoms with Crippen LogP contribution in [0.15, 0.2) is 60.9 Å². The summed E-state index contributed by atoms with van der Waals surface area (Å²) < 4.78 is 0. The Hall–Kier alpha value is -3.78. The molecule has 8 nitrogen and oxygen atoms in total. The number of phenolic OH excluding ortho intramolecular Hbond substituents is 1. The predicted octanol–water partition coefficient (Wildman–Crippen LogP) is 3.50. The average Bonchev–Trinajstić information content (AvgIpc) is 2.82. The van der Waals surface area contributed by atoms with Gasteiger partial charge in [-0.1, -0.05) is 12.1 Å². The molecule has 0 saturated carbocycles. The number of hydrogen-bond donors (Lipinski definition) is 2. The molecule has 0 unspecified atom stereocenters. The Labute approximate surface area is 186 Å². The molecule has 2 aromatic carbocycles. The number of benzene rings is 2. The highest BCUT2D eigenvalue weighted by Gasteiger charge is 2.20. The van der Waals surface area contributed by atoms with Crippen molar-refractivity contribution in [3.05, 3.63) is 72.3 Å². The number of nitrogens with one attached hydrogen (secondary N) is 1. The van der Waals surface area contributed by atoms with Crippen molar-refractivity contribution in [3.63, 3.8) is 0 Å². The molecule has 4 aromatic rings. The van der Waals surface area contributed by atoms with Crippen LogP contribution in [-0.2, 0) is 6.54 Å². The molecule has 1 aliphatic heterocycles. The van der Waals surface area contributed by atoms with Crippen molar-refractivity contribution >= 4 is 28.4 Å². The lowest BCUT2D eigenvalue weighted by atomic mass is 10.1. The quantitative estimate of drug-likeness (QED) is 0.468. The summed E-state index contributed by atoms with van der Waals surface area (Å²) >= 11 is 0. The normalized spacial score (nSPS) is 14.6. The summed E-state index contributed by atoms with van der Waals surface area (Å²) in [6, 6.07) is 15.1. The molecule has 0 atom stereocenters. The van der Waals surface area contributed by atoms with Gasteiger partial charge in [0.1, 0.15) is 17.4 Å². The molecular formula is C24H25N7O. The molecule has 0 radical (unpaired) electrons. The number of hydrogen-bond acceptors (Lipinski definition) is 8. The molecule has 162 valence electrons. The Morgan fingerprint density at radius 1 is 0.938 bits per heavy atom. The third-order valence-corrected chi connectivity index (χ3v) is 5.68. The van der Waals surface area contributed by atoms with Crippen molar-refractivity contribution in [1.82, 2.24) is 24.8 Å². The molecule has 1 saturated heterocycles. The minimum Gasteiger partial charge on any atom is -0.508 e. The molecule has 2 aromatic heterocycles. The van der Waals surface area contributed by atoms with E-state index in [1.165, 1.54) is 0 Å². The van der Waals surface area contributed by atoms with Crippen molar-refractivity contribution in [2.75, 3.05) is 36.4 Å². The molecule has 0 amide bonds. The molecular weight excluding hydrogens is 402 g/mol. The predicted molar refractivity (Wildman–Crippen MR) is 125 cm³/mol. The summed E-state index contributed by atoms with van der Waals surface area (Å²) in [5.41, 5.74) is 2.77. The van der Waals surface area contributed by atoms with Gasteiger partial charge in [-0.25, -0.2) is 19.9 Å². The lowest BCUT2D eigenvalue weighted by molar-refractivity contribution is 0.243. The lowest BCUT2D eigenvalue weighted by Gasteiger charge is -2.34. The molecule has 5 rings (SSSR count). The number of rotatable bonds is 5. The number of aryl methyl sites for hydroxylation is 1. The minimum absolute atomic E-state index is 0.251. The highest BCUT2D eigenvalue weighted by Crippen LogP contribution is 2.27. The molecule has 3 heterocycles.